The van der Waals surface area contributed by atoms with E-state index in [4.69, 9.17) is 44.6 Å². The standard InChI is InChI=1S/C36H42Cl3N3O2/c1-7-35(3,4)24-15-18-33(27(21-24)36(5,6)8-2)44-20-12-11-19-40-34(43)32-23-31(26-13-9-10-14-28(26)37)41-42(32)25-16-17-29(38)30(39)22-25/h9-10,13-18,21-23H,7-8,11-12,19-20H2,1-6H3,(H,40,43). The molecular formula is C36H42Cl3N3O2. The minimum Gasteiger partial charge on any atom is -0.493 e. The van der Waals surface area contributed by atoms with E-state index in [1.807, 2.05) is 18.2 Å². The van der Waals surface area contributed by atoms with Crippen molar-refractivity contribution in [3.05, 3.63) is 98.6 Å². The van der Waals surface area contributed by atoms with Gasteiger partial charge in [0.15, 0.2) is 0 Å². The number of halogens is 3. The molecule has 44 heavy (non-hydrogen) atoms. The fraction of sp³-hybridized carbons (Fsp3) is 0.389. The molecule has 0 atom stereocenters. The lowest BCUT2D eigenvalue weighted by atomic mass is 9.76. The van der Waals surface area contributed by atoms with Gasteiger partial charge in [-0.2, -0.15) is 5.10 Å². The Bertz CT molecular complexity index is 1610. The Morgan fingerprint density at radius 3 is 2.25 bits per heavy atom. The molecule has 0 saturated carbocycles. The molecule has 8 heteroatoms. The second-order valence-corrected chi connectivity index (χ2v) is 13.6. The van der Waals surface area contributed by atoms with Crippen LogP contribution in [0.3, 0.4) is 0 Å². The lowest BCUT2D eigenvalue weighted by molar-refractivity contribution is 0.0944. The maximum Gasteiger partial charge on any atom is 0.270 e. The van der Waals surface area contributed by atoms with Gasteiger partial charge in [0, 0.05) is 17.7 Å². The highest BCUT2D eigenvalue weighted by Gasteiger charge is 2.26. The summed E-state index contributed by atoms with van der Waals surface area (Å²) in [5.74, 6) is 0.693. The number of ether oxygens (including phenoxy) is 1. The number of benzene rings is 3. The van der Waals surface area contributed by atoms with Gasteiger partial charge < -0.3 is 10.1 Å². The summed E-state index contributed by atoms with van der Waals surface area (Å²) >= 11 is 18.9. The molecule has 0 saturated heterocycles. The van der Waals surface area contributed by atoms with Crippen LogP contribution in [-0.4, -0.2) is 28.8 Å². The van der Waals surface area contributed by atoms with Gasteiger partial charge >= 0.3 is 0 Å². The van der Waals surface area contributed by atoms with Crippen LogP contribution < -0.4 is 10.1 Å². The van der Waals surface area contributed by atoms with Crippen molar-refractivity contribution in [1.29, 1.82) is 0 Å². The molecule has 1 aromatic heterocycles. The summed E-state index contributed by atoms with van der Waals surface area (Å²) in [5, 5.41) is 9.09. The van der Waals surface area contributed by atoms with E-state index in [-0.39, 0.29) is 16.7 Å². The van der Waals surface area contributed by atoms with Crippen LogP contribution in [0.4, 0.5) is 0 Å². The zero-order valence-corrected chi connectivity index (χ0v) is 28.7. The number of carbonyl (C=O) groups is 1. The number of unbranched alkanes of at least 4 members (excludes halogenated alkanes) is 1. The topological polar surface area (TPSA) is 56.1 Å². The number of nitrogens with one attached hydrogen (secondary N) is 1. The third-order valence-electron chi connectivity index (χ3n) is 8.61. The van der Waals surface area contributed by atoms with Gasteiger partial charge in [-0.15, -0.1) is 0 Å². The molecule has 0 radical (unpaired) electrons. The van der Waals surface area contributed by atoms with E-state index in [9.17, 15) is 4.79 Å². The molecule has 4 rings (SSSR count). The van der Waals surface area contributed by atoms with Crippen LogP contribution in [0.5, 0.6) is 5.75 Å². The first-order valence-corrected chi connectivity index (χ1v) is 16.4. The Morgan fingerprint density at radius 1 is 0.841 bits per heavy atom. The van der Waals surface area contributed by atoms with Gasteiger partial charge in [0.25, 0.3) is 5.91 Å². The fourth-order valence-corrected chi connectivity index (χ4v) is 5.38. The SMILES string of the molecule is CCC(C)(C)c1ccc(OCCCCNC(=O)c2cc(-c3ccccc3Cl)nn2-c2ccc(Cl)c(Cl)c2)c(C(C)(C)CC)c1. The van der Waals surface area contributed by atoms with E-state index >= 15 is 0 Å². The van der Waals surface area contributed by atoms with Crippen molar-refractivity contribution in [2.75, 3.05) is 13.2 Å². The second kappa shape index (κ2) is 14.4. The number of carbonyl (C=O) groups excluding carboxylic acids is 1. The zero-order chi connectivity index (χ0) is 32.1. The minimum atomic E-state index is -0.246. The average Bonchev–Trinajstić information content (AvgIpc) is 3.45. The molecular weight excluding hydrogens is 613 g/mol. The Kier molecular flexibility index (Phi) is 11.1. The first-order valence-electron chi connectivity index (χ1n) is 15.2. The van der Waals surface area contributed by atoms with Gasteiger partial charge in [-0.25, -0.2) is 4.68 Å². The van der Waals surface area contributed by atoms with Crippen molar-refractivity contribution in [1.82, 2.24) is 15.1 Å². The average molecular weight is 655 g/mol. The van der Waals surface area contributed by atoms with E-state index in [2.05, 4.69) is 65.1 Å². The highest BCUT2D eigenvalue weighted by molar-refractivity contribution is 6.42. The van der Waals surface area contributed by atoms with Crippen LogP contribution in [0.15, 0.2) is 66.7 Å². The number of nitrogens with zero attached hydrogens (tertiary/aromatic N) is 2. The number of rotatable bonds is 13. The molecule has 234 valence electrons. The molecule has 1 N–H and O–H groups in total. The summed E-state index contributed by atoms with van der Waals surface area (Å²) in [6.07, 6.45) is 3.64. The Morgan fingerprint density at radius 2 is 1.57 bits per heavy atom. The van der Waals surface area contributed by atoms with Crippen molar-refractivity contribution >= 4 is 40.7 Å². The predicted octanol–water partition coefficient (Wildman–Crippen LogP) is 10.5. The van der Waals surface area contributed by atoms with Crippen molar-refractivity contribution in [3.8, 4) is 22.7 Å². The molecule has 0 aliphatic heterocycles. The predicted molar refractivity (Wildman–Crippen MR) is 184 cm³/mol. The maximum atomic E-state index is 13.4. The summed E-state index contributed by atoms with van der Waals surface area (Å²) < 4.78 is 7.89. The summed E-state index contributed by atoms with van der Waals surface area (Å²) in [4.78, 5) is 13.4. The van der Waals surface area contributed by atoms with E-state index in [1.54, 1.807) is 35.0 Å². The van der Waals surface area contributed by atoms with Gasteiger partial charge in [-0.3, -0.25) is 4.79 Å². The minimum absolute atomic E-state index is 0.00321. The molecule has 1 amide bonds. The van der Waals surface area contributed by atoms with Gasteiger partial charge in [0.1, 0.15) is 11.4 Å². The smallest absolute Gasteiger partial charge is 0.270 e. The quantitative estimate of drug-likeness (QED) is 0.146. The molecule has 0 unspecified atom stereocenters. The van der Waals surface area contributed by atoms with Crippen molar-refractivity contribution in [3.63, 3.8) is 0 Å². The summed E-state index contributed by atoms with van der Waals surface area (Å²) in [5.41, 5.74) is 5.01. The summed E-state index contributed by atoms with van der Waals surface area (Å²) in [7, 11) is 0. The second-order valence-electron chi connectivity index (χ2n) is 12.4. The maximum absolute atomic E-state index is 13.4. The first-order chi connectivity index (χ1) is 20.9. The highest BCUT2D eigenvalue weighted by Crippen LogP contribution is 2.38. The van der Waals surface area contributed by atoms with E-state index in [1.165, 1.54) is 11.1 Å². The fourth-order valence-electron chi connectivity index (χ4n) is 4.86. The molecule has 0 fully saturated rings. The molecule has 1 heterocycles. The molecule has 5 nitrogen and oxygen atoms in total. The first kappa shape index (κ1) is 33.9. The largest absolute Gasteiger partial charge is 0.493 e. The number of amides is 1. The monoisotopic (exact) mass is 653 g/mol. The van der Waals surface area contributed by atoms with Crippen molar-refractivity contribution in [2.45, 2.75) is 78.1 Å². The Balaban J connectivity index is 1.43. The molecule has 0 aliphatic carbocycles. The van der Waals surface area contributed by atoms with Crippen LogP contribution in [-0.2, 0) is 10.8 Å². The number of aromatic nitrogens is 2. The lowest BCUT2D eigenvalue weighted by Crippen LogP contribution is -2.27. The van der Waals surface area contributed by atoms with Crippen molar-refractivity contribution < 1.29 is 9.53 Å². The Hall–Kier alpha value is -2.99. The van der Waals surface area contributed by atoms with Crippen LogP contribution in [0.25, 0.3) is 16.9 Å². The highest BCUT2D eigenvalue weighted by atomic mass is 35.5. The molecule has 0 aliphatic rings. The molecule has 0 spiro atoms. The zero-order valence-electron chi connectivity index (χ0n) is 26.4. The van der Waals surface area contributed by atoms with Gasteiger partial charge in [-0.05, 0) is 78.5 Å². The Labute approximate surface area is 276 Å². The lowest BCUT2D eigenvalue weighted by Gasteiger charge is -2.30. The van der Waals surface area contributed by atoms with Crippen LogP contribution in [0, 0.1) is 0 Å². The van der Waals surface area contributed by atoms with Crippen LogP contribution in [0.2, 0.25) is 15.1 Å². The van der Waals surface area contributed by atoms with E-state index < -0.39 is 0 Å². The van der Waals surface area contributed by atoms with E-state index in [0.29, 0.717) is 45.3 Å². The van der Waals surface area contributed by atoms with E-state index in [0.717, 1.165) is 37.0 Å². The van der Waals surface area contributed by atoms with Gasteiger partial charge in [0.2, 0.25) is 0 Å². The molecule has 3 aromatic carbocycles. The third-order valence-corrected chi connectivity index (χ3v) is 9.68. The summed E-state index contributed by atoms with van der Waals surface area (Å²) in [6.45, 7) is 14.6. The third kappa shape index (κ3) is 7.80. The molecule has 0 bridgehead atoms. The normalized spacial score (nSPS) is 11.9. The number of hydrogen-bond donors (Lipinski definition) is 1. The summed E-state index contributed by atoms with van der Waals surface area (Å²) in [6, 6.07) is 20.9. The van der Waals surface area contributed by atoms with Crippen LogP contribution >= 0.6 is 34.8 Å². The van der Waals surface area contributed by atoms with Gasteiger partial charge in [0.05, 0.1) is 33.1 Å². The number of hydrogen-bond acceptors (Lipinski definition) is 3. The van der Waals surface area contributed by atoms with Crippen molar-refractivity contribution in [2.24, 2.45) is 0 Å². The van der Waals surface area contributed by atoms with Crippen LogP contribution in [0.1, 0.15) is 88.8 Å². The molecule has 4 aromatic rings. The van der Waals surface area contributed by atoms with Gasteiger partial charge in [-0.1, -0.05) is 107 Å².